The second-order valence-corrected chi connectivity index (χ2v) is 8.85. The molecule has 2 N–H and O–H groups in total. The lowest BCUT2D eigenvalue weighted by Gasteiger charge is -2.22. The second kappa shape index (κ2) is 11.5. The van der Waals surface area contributed by atoms with Crippen molar-refractivity contribution in [3.05, 3.63) is 95.6 Å². The van der Waals surface area contributed by atoms with E-state index in [0.717, 1.165) is 23.2 Å². The van der Waals surface area contributed by atoms with Gasteiger partial charge in [-0.1, -0.05) is 73.7 Å². The first kappa shape index (κ1) is 25.0. The van der Waals surface area contributed by atoms with Gasteiger partial charge in [0, 0.05) is 18.2 Å². The van der Waals surface area contributed by atoms with E-state index in [1.54, 1.807) is 17.0 Å². The number of hydrogen-bond acceptors (Lipinski definition) is 5. The predicted molar refractivity (Wildman–Crippen MR) is 140 cm³/mol. The minimum atomic E-state index is -0.362. The van der Waals surface area contributed by atoms with Crippen LogP contribution in [0.3, 0.4) is 0 Å². The van der Waals surface area contributed by atoms with Crippen LogP contribution in [0.2, 0.25) is 0 Å². The maximum Gasteiger partial charge on any atom is 0.336 e. The van der Waals surface area contributed by atoms with E-state index in [-0.39, 0.29) is 42.7 Å². The van der Waals surface area contributed by atoms with E-state index in [9.17, 15) is 14.4 Å². The molecular weight excluding hydrogens is 454 g/mol. The fourth-order valence-corrected chi connectivity index (χ4v) is 4.56. The Bertz CT molecular complexity index is 1200. The Labute approximate surface area is 211 Å². The van der Waals surface area contributed by atoms with Crippen molar-refractivity contribution in [1.82, 2.24) is 10.2 Å². The summed E-state index contributed by atoms with van der Waals surface area (Å²) in [5, 5.41) is 6.30. The second-order valence-electron chi connectivity index (χ2n) is 8.85. The van der Waals surface area contributed by atoms with Crippen LogP contribution in [0.15, 0.2) is 84.5 Å². The summed E-state index contributed by atoms with van der Waals surface area (Å²) >= 11 is 0. The maximum absolute atomic E-state index is 12.8. The number of nitrogens with one attached hydrogen (secondary N) is 2. The zero-order chi connectivity index (χ0) is 25.5. The highest BCUT2D eigenvalue weighted by Gasteiger charge is 2.37. The minimum Gasteiger partial charge on any atom is -0.466 e. The van der Waals surface area contributed by atoms with E-state index in [4.69, 9.17) is 4.74 Å². The first-order valence-corrected chi connectivity index (χ1v) is 12.2. The highest BCUT2D eigenvalue weighted by Crippen LogP contribution is 2.35. The van der Waals surface area contributed by atoms with Crippen LogP contribution >= 0.6 is 0 Å². The topological polar surface area (TPSA) is 87.7 Å². The van der Waals surface area contributed by atoms with Gasteiger partial charge in [-0.3, -0.25) is 9.59 Å². The number of carbonyl (C=O) groups is 3. The van der Waals surface area contributed by atoms with E-state index in [2.05, 4.69) is 10.6 Å². The molecule has 0 spiro atoms. The molecule has 2 amide bonds. The smallest absolute Gasteiger partial charge is 0.336 e. The summed E-state index contributed by atoms with van der Waals surface area (Å²) in [6, 6.07) is 16.8. The number of amides is 2. The molecule has 2 aromatic rings. The van der Waals surface area contributed by atoms with Crippen LogP contribution < -0.4 is 10.6 Å². The molecule has 2 atom stereocenters. The molecule has 1 heterocycles. The highest BCUT2D eigenvalue weighted by atomic mass is 16.5. The summed E-state index contributed by atoms with van der Waals surface area (Å²) in [7, 11) is 1.38. The van der Waals surface area contributed by atoms with Crippen LogP contribution in [0.5, 0.6) is 0 Å². The summed E-state index contributed by atoms with van der Waals surface area (Å²) in [4.78, 5) is 39.6. The lowest BCUT2D eigenvalue weighted by Crippen LogP contribution is -2.39. The molecule has 0 saturated carbocycles. The van der Waals surface area contributed by atoms with Crippen molar-refractivity contribution in [1.29, 1.82) is 0 Å². The quantitative estimate of drug-likeness (QED) is 0.529. The molecule has 2 unspecified atom stereocenters. The van der Waals surface area contributed by atoms with Crippen LogP contribution in [0.25, 0.3) is 5.70 Å². The zero-order valence-corrected chi connectivity index (χ0v) is 20.6. The number of esters is 1. The van der Waals surface area contributed by atoms with Crippen molar-refractivity contribution in [3.8, 4) is 0 Å². The van der Waals surface area contributed by atoms with Gasteiger partial charge in [0.05, 0.1) is 37.4 Å². The molecule has 4 rings (SSSR count). The van der Waals surface area contributed by atoms with Crippen LogP contribution in [-0.2, 0) is 25.5 Å². The van der Waals surface area contributed by atoms with Crippen molar-refractivity contribution in [2.75, 3.05) is 25.5 Å². The number of allylic oxidation sites excluding steroid dienone is 2. The van der Waals surface area contributed by atoms with Crippen LogP contribution in [0.1, 0.15) is 24.5 Å². The van der Waals surface area contributed by atoms with E-state index < -0.39 is 0 Å². The van der Waals surface area contributed by atoms with Gasteiger partial charge in [0.15, 0.2) is 0 Å². The van der Waals surface area contributed by atoms with Crippen LogP contribution in [0.4, 0.5) is 5.69 Å². The van der Waals surface area contributed by atoms with Gasteiger partial charge >= 0.3 is 5.97 Å². The first-order valence-electron chi connectivity index (χ1n) is 12.2. The number of ether oxygens (including phenoxy) is 1. The fourth-order valence-electron chi connectivity index (χ4n) is 4.56. The third kappa shape index (κ3) is 5.74. The van der Waals surface area contributed by atoms with Crippen molar-refractivity contribution < 1.29 is 19.1 Å². The number of methoxy groups -OCH3 is 1. The average Bonchev–Trinajstić information content (AvgIpc) is 3.28. The van der Waals surface area contributed by atoms with Gasteiger partial charge in [-0.05, 0) is 29.7 Å². The lowest BCUT2D eigenvalue weighted by molar-refractivity contribution is -0.136. The van der Waals surface area contributed by atoms with Crippen molar-refractivity contribution in [3.63, 3.8) is 0 Å². The van der Waals surface area contributed by atoms with Crippen molar-refractivity contribution in [2.24, 2.45) is 5.92 Å². The standard InChI is InChI=1S/C29H31N3O4/c1-3-17-32(26(34)18-20-9-5-4-6-10-20)19-25(33)30-22-15-13-21(14-16-22)28-27(29(35)36-2)23-11-7-8-12-24(23)31-28/h4-16,23-24,31H,3,17-19H2,1-2H3,(H,30,33). The van der Waals surface area contributed by atoms with Gasteiger partial charge < -0.3 is 20.3 Å². The number of rotatable bonds is 9. The number of carbonyl (C=O) groups excluding carboxylic acids is 3. The molecule has 36 heavy (non-hydrogen) atoms. The first-order chi connectivity index (χ1) is 17.5. The fraction of sp³-hybridized carbons (Fsp3) is 0.276. The minimum absolute atomic E-state index is 0.00329. The number of fused-ring (bicyclic) bond motifs is 1. The van der Waals surface area contributed by atoms with E-state index in [0.29, 0.717) is 17.8 Å². The Morgan fingerprint density at radius 3 is 2.42 bits per heavy atom. The molecule has 0 fully saturated rings. The van der Waals surface area contributed by atoms with E-state index >= 15 is 0 Å². The largest absolute Gasteiger partial charge is 0.466 e. The molecule has 1 aliphatic heterocycles. The summed E-state index contributed by atoms with van der Waals surface area (Å²) < 4.78 is 5.04. The predicted octanol–water partition coefficient (Wildman–Crippen LogP) is 3.70. The molecule has 0 aromatic heterocycles. The van der Waals surface area contributed by atoms with Crippen molar-refractivity contribution in [2.45, 2.75) is 25.8 Å². The summed E-state index contributed by atoms with van der Waals surface area (Å²) in [5.41, 5.74) is 3.69. The normalized spacial score (nSPS) is 17.8. The monoisotopic (exact) mass is 485 g/mol. The molecule has 0 radical (unpaired) electrons. The van der Waals surface area contributed by atoms with Crippen molar-refractivity contribution >= 4 is 29.2 Å². The van der Waals surface area contributed by atoms with Crippen LogP contribution in [-0.4, -0.2) is 48.9 Å². The third-order valence-electron chi connectivity index (χ3n) is 6.29. The molecule has 7 nitrogen and oxygen atoms in total. The Hall–Kier alpha value is -4.13. The van der Waals surface area contributed by atoms with Gasteiger partial charge in [0.2, 0.25) is 11.8 Å². The molecule has 0 bridgehead atoms. The number of nitrogens with zero attached hydrogens (tertiary/aromatic N) is 1. The number of anilines is 1. The van der Waals surface area contributed by atoms with Gasteiger partial charge in [-0.2, -0.15) is 0 Å². The van der Waals surface area contributed by atoms with E-state index in [1.807, 2.05) is 73.7 Å². The maximum atomic E-state index is 12.8. The van der Waals surface area contributed by atoms with Gasteiger partial charge in [-0.25, -0.2) is 4.79 Å². The van der Waals surface area contributed by atoms with Gasteiger partial charge in [-0.15, -0.1) is 0 Å². The van der Waals surface area contributed by atoms with Crippen LogP contribution in [0, 0.1) is 5.92 Å². The van der Waals surface area contributed by atoms with Gasteiger partial charge in [0.1, 0.15) is 0 Å². The number of benzene rings is 2. The zero-order valence-electron chi connectivity index (χ0n) is 20.6. The SMILES string of the molecule is CCCN(CC(=O)Nc1ccc(C2=C(C(=O)OC)C3C=CC=CC3N2)cc1)C(=O)Cc1ccccc1. The average molecular weight is 486 g/mol. The lowest BCUT2D eigenvalue weighted by atomic mass is 9.90. The Morgan fingerprint density at radius 1 is 1.00 bits per heavy atom. The molecule has 2 aromatic carbocycles. The summed E-state index contributed by atoms with van der Waals surface area (Å²) in [6.07, 6.45) is 8.93. The van der Waals surface area contributed by atoms with E-state index in [1.165, 1.54) is 7.11 Å². The molecule has 2 aliphatic rings. The molecule has 0 saturated heterocycles. The summed E-state index contributed by atoms with van der Waals surface area (Å²) in [6.45, 7) is 2.48. The molecular formula is C29H31N3O4. The molecule has 1 aliphatic carbocycles. The Kier molecular flexibility index (Phi) is 8.00. The Morgan fingerprint density at radius 2 is 1.72 bits per heavy atom. The number of hydrogen-bond donors (Lipinski definition) is 2. The Balaban J connectivity index is 1.42. The molecule has 7 heteroatoms. The molecule has 186 valence electrons. The highest BCUT2D eigenvalue weighted by molar-refractivity contribution is 6.00. The summed E-state index contributed by atoms with van der Waals surface area (Å²) in [5.74, 6) is -0.784. The van der Waals surface area contributed by atoms with Gasteiger partial charge in [0.25, 0.3) is 0 Å². The third-order valence-corrected chi connectivity index (χ3v) is 6.29.